The Balaban J connectivity index is 1.71. The van der Waals surface area contributed by atoms with Gasteiger partial charge >= 0.3 is 6.03 Å². The zero-order valence-corrected chi connectivity index (χ0v) is 18.3. The number of rotatable bonds is 3. The molecule has 1 N–H and O–H groups in total. The molecule has 0 saturated carbocycles. The molecule has 2 aliphatic rings. The molecule has 0 radical (unpaired) electrons. The van der Waals surface area contributed by atoms with Gasteiger partial charge in [-0.1, -0.05) is 18.2 Å². The van der Waals surface area contributed by atoms with Gasteiger partial charge in [-0.05, 0) is 50.6 Å². The number of hydrogen-bond acceptors (Lipinski definition) is 4. The summed E-state index contributed by atoms with van der Waals surface area (Å²) in [6.07, 6.45) is 1.81. The number of halogens is 1. The molecule has 164 valence electrons. The summed E-state index contributed by atoms with van der Waals surface area (Å²) in [5, 5.41) is 7.56. The molecule has 0 aliphatic carbocycles. The molecule has 5 rings (SSSR count). The molecule has 2 aromatic carbocycles. The van der Waals surface area contributed by atoms with Crippen LogP contribution in [0.1, 0.15) is 37.8 Å². The summed E-state index contributed by atoms with van der Waals surface area (Å²) in [6.45, 7) is 6.15. The first-order valence-electron chi connectivity index (χ1n) is 10.4. The minimum atomic E-state index is -0.426. The van der Waals surface area contributed by atoms with Gasteiger partial charge in [-0.15, -0.1) is 0 Å². The third-order valence-corrected chi connectivity index (χ3v) is 5.86. The van der Waals surface area contributed by atoms with Gasteiger partial charge in [0.05, 0.1) is 18.8 Å². The number of fused-ring (bicyclic) bond motifs is 2. The van der Waals surface area contributed by atoms with E-state index in [2.05, 4.69) is 31.2 Å². The highest BCUT2D eigenvalue weighted by atomic mass is 19.1. The van der Waals surface area contributed by atoms with E-state index < -0.39 is 6.04 Å². The van der Waals surface area contributed by atoms with Crippen LogP contribution < -0.4 is 15.0 Å². The van der Waals surface area contributed by atoms with Crippen LogP contribution in [-0.4, -0.2) is 34.8 Å². The molecule has 3 aromatic rings. The molecule has 0 bridgehead atoms. The van der Waals surface area contributed by atoms with Gasteiger partial charge in [0.1, 0.15) is 23.4 Å². The van der Waals surface area contributed by atoms with E-state index in [1.54, 1.807) is 30.3 Å². The number of carbonyl (C=O) groups is 1. The Kier molecular flexibility index (Phi) is 4.54. The first-order chi connectivity index (χ1) is 15.3. The number of benzene rings is 2. The van der Waals surface area contributed by atoms with Crippen molar-refractivity contribution in [1.82, 2.24) is 15.1 Å². The molecule has 0 spiro atoms. The summed E-state index contributed by atoms with van der Waals surface area (Å²) in [7, 11) is 1.59. The first-order valence-corrected chi connectivity index (χ1v) is 10.4. The number of nitrogens with zero attached hydrogens (tertiary/aromatic N) is 4. The second kappa shape index (κ2) is 7.19. The predicted octanol–water partition coefficient (Wildman–Crippen LogP) is 4.56. The normalized spacial score (nSPS) is 19.8. The Labute approximate surface area is 185 Å². The Hall–Kier alpha value is -3.68. The van der Waals surface area contributed by atoms with E-state index in [4.69, 9.17) is 9.73 Å². The number of amidine groups is 1. The van der Waals surface area contributed by atoms with Crippen LogP contribution in [0.2, 0.25) is 0 Å². The number of nitrogens with one attached hydrogen (secondary N) is 1. The number of hydrogen-bond donors (Lipinski definition) is 1. The number of urea groups is 1. The molecule has 1 saturated heterocycles. The van der Waals surface area contributed by atoms with Gasteiger partial charge in [-0.25, -0.2) is 18.9 Å². The smallest absolute Gasteiger partial charge is 0.328 e. The van der Waals surface area contributed by atoms with Crippen LogP contribution in [0.3, 0.4) is 0 Å². The summed E-state index contributed by atoms with van der Waals surface area (Å²) < 4.78 is 21.0. The van der Waals surface area contributed by atoms with Crippen molar-refractivity contribution in [2.75, 3.05) is 12.0 Å². The van der Waals surface area contributed by atoms with E-state index in [0.29, 0.717) is 23.1 Å². The molecule has 8 heteroatoms. The predicted molar refractivity (Wildman–Crippen MR) is 120 cm³/mol. The van der Waals surface area contributed by atoms with Gasteiger partial charge in [-0.3, -0.25) is 10.2 Å². The summed E-state index contributed by atoms with van der Waals surface area (Å²) in [6, 6.07) is 13.1. The fourth-order valence-electron chi connectivity index (χ4n) is 4.42. The molecule has 1 fully saturated rings. The van der Waals surface area contributed by atoms with Crippen molar-refractivity contribution < 1.29 is 13.9 Å². The van der Waals surface area contributed by atoms with E-state index in [0.717, 1.165) is 11.1 Å². The largest absolute Gasteiger partial charge is 0.497 e. The molecule has 2 aliphatic heterocycles. The topological polar surface area (TPSA) is 71.8 Å². The molecule has 0 unspecified atom stereocenters. The van der Waals surface area contributed by atoms with Gasteiger partial charge in [0, 0.05) is 23.2 Å². The van der Waals surface area contributed by atoms with E-state index in [9.17, 15) is 9.18 Å². The Morgan fingerprint density at radius 3 is 2.56 bits per heavy atom. The second-order valence-corrected chi connectivity index (χ2v) is 8.98. The summed E-state index contributed by atoms with van der Waals surface area (Å²) in [5.74, 6) is 1.31. The standard InChI is InChI=1S/C24H24FN5O2/c1-24(2,3)30-22-18(13-26-30)19(14-8-10-15(25)11-9-14)20-21(27-22)28-23(31)29(20)16-6-5-7-17(12-16)32-4/h5-13,19-20H,1-4H3,(H,27,28,31)/t19-,20+/m1/s1. The molecule has 3 heterocycles. The average Bonchev–Trinajstić information content (AvgIpc) is 3.33. The van der Waals surface area contributed by atoms with E-state index in [1.165, 1.54) is 12.1 Å². The Morgan fingerprint density at radius 1 is 1.12 bits per heavy atom. The van der Waals surface area contributed by atoms with Crippen LogP contribution in [0.4, 0.5) is 20.7 Å². The van der Waals surface area contributed by atoms with Crippen LogP contribution in [0.5, 0.6) is 5.75 Å². The minimum absolute atomic E-state index is 0.269. The molecular weight excluding hydrogens is 409 g/mol. The Bertz CT molecular complexity index is 1230. The number of methoxy groups -OCH3 is 1. The van der Waals surface area contributed by atoms with Crippen molar-refractivity contribution in [2.45, 2.75) is 38.3 Å². The lowest BCUT2D eigenvalue weighted by molar-refractivity contribution is 0.252. The highest BCUT2D eigenvalue weighted by Gasteiger charge is 2.48. The quantitative estimate of drug-likeness (QED) is 0.658. The fourth-order valence-corrected chi connectivity index (χ4v) is 4.42. The van der Waals surface area contributed by atoms with Crippen molar-refractivity contribution >= 4 is 23.4 Å². The van der Waals surface area contributed by atoms with Crippen molar-refractivity contribution in [3.05, 3.63) is 71.7 Å². The van der Waals surface area contributed by atoms with E-state index in [1.807, 2.05) is 28.9 Å². The molecule has 2 atom stereocenters. The number of aliphatic imine (C=N–C) groups is 1. The SMILES string of the molecule is COc1cccc(N2C(=O)NC3=Nc4c(cnn4C(C)(C)C)[C@@H](c4ccc(F)cc4)[C@@H]32)c1. The summed E-state index contributed by atoms with van der Waals surface area (Å²) in [4.78, 5) is 19.7. The minimum Gasteiger partial charge on any atom is -0.497 e. The van der Waals surface area contributed by atoms with Crippen molar-refractivity contribution in [3.8, 4) is 5.75 Å². The van der Waals surface area contributed by atoms with Crippen LogP contribution in [0.15, 0.2) is 59.7 Å². The van der Waals surface area contributed by atoms with Gasteiger partial charge in [0.25, 0.3) is 0 Å². The lowest BCUT2D eigenvalue weighted by Gasteiger charge is -2.33. The van der Waals surface area contributed by atoms with Gasteiger partial charge < -0.3 is 4.74 Å². The van der Waals surface area contributed by atoms with Crippen LogP contribution in [-0.2, 0) is 5.54 Å². The van der Waals surface area contributed by atoms with Gasteiger partial charge in [-0.2, -0.15) is 5.10 Å². The summed E-state index contributed by atoms with van der Waals surface area (Å²) in [5.41, 5.74) is 2.16. The highest BCUT2D eigenvalue weighted by Crippen LogP contribution is 2.45. The lowest BCUT2D eigenvalue weighted by Crippen LogP contribution is -2.42. The third kappa shape index (κ3) is 3.14. The number of carbonyl (C=O) groups excluding carboxylic acids is 1. The second-order valence-electron chi connectivity index (χ2n) is 8.98. The third-order valence-electron chi connectivity index (χ3n) is 5.86. The van der Waals surface area contributed by atoms with Crippen molar-refractivity contribution in [2.24, 2.45) is 4.99 Å². The fraction of sp³-hybridized carbons (Fsp3) is 0.292. The molecule has 2 amide bonds. The lowest BCUT2D eigenvalue weighted by atomic mass is 9.83. The maximum absolute atomic E-state index is 13.7. The maximum atomic E-state index is 13.7. The zero-order valence-electron chi connectivity index (χ0n) is 18.3. The first kappa shape index (κ1) is 20.2. The zero-order chi connectivity index (χ0) is 22.6. The summed E-state index contributed by atoms with van der Waals surface area (Å²) >= 11 is 0. The molecule has 1 aromatic heterocycles. The van der Waals surface area contributed by atoms with Crippen molar-refractivity contribution in [3.63, 3.8) is 0 Å². The van der Waals surface area contributed by atoms with Gasteiger partial charge in [0.15, 0.2) is 5.82 Å². The van der Waals surface area contributed by atoms with E-state index >= 15 is 0 Å². The van der Waals surface area contributed by atoms with Gasteiger partial charge in [0.2, 0.25) is 0 Å². The number of aromatic nitrogens is 2. The van der Waals surface area contributed by atoms with Crippen molar-refractivity contribution in [1.29, 1.82) is 0 Å². The molecule has 7 nitrogen and oxygen atoms in total. The number of anilines is 1. The number of ether oxygens (including phenoxy) is 1. The van der Waals surface area contributed by atoms with E-state index in [-0.39, 0.29) is 23.3 Å². The average molecular weight is 433 g/mol. The Morgan fingerprint density at radius 2 is 1.88 bits per heavy atom. The molecule has 32 heavy (non-hydrogen) atoms. The highest BCUT2D eigenvalue weighted by molar-refractivity contribution is 6.18. The van der Waals surface area contributed by atoms with Crippen LogP contribution in [0, 0.1) is 5.82 Å². The monoisotopic (exact) mass is 433 g/mol. The van der Waals surface area contributed by atoms with Crippen LogP contribution in [0.25, 0.3) is 0 Å². The number of amides is 2. The molecular formula is C24H24FN5O2. The van der Waals surface area contributed by atoms with Crippen LogP contribution >= 0.6 is 0 Å². The maximum Gasteiger partial charge on any atom is 0.328 e.